The number of carbonyl (C=O) groups is 3. The highest BCUT2D eigenvalue weighted by Crippen LogP contribution is 2.47. The first kappa shape index (κ1) is 24.3. The van der Waals surface area contributed by atoms with Crippen molar-refractivity contribution in [3.8, 4) is 0 Å². The molecule has 0 saturated carbocycles. The van der Waals surface area contributed by atoms with Crippen LogP contribution in [-0.2, 0) is 15.0 Å². The van der Waals surface area contributed by atoms with Crippen LogP contribution in [0.5, 0.6) is 0 Å². The van der Waals surface area contributed by atoms with Crippen LogP contribution in [0.4, 0.5) is 14.5 Å². The lowest BCUT2D eigenvalue weighted by Crippen LogP contribution is -2.50. The maximum absolute atomic E-state index is 14.0. The van der Waals surface area contributed by atoms with Crippen molar-refractivity contribution < 1.29 is 28.3 Å². The first-order valence-corrected chi connectivity index (χ1v) is 11.9. The lowest BCUT2D eigenvalue weighted by Gasteiger charge is -2.28. The summed E-state index contributed by atoms with van der Waals surface area (Å²) in [6.07, 6.45) is -1.30. The predicted octanol–water partition coefficient (Wildman–Crippen LogP) is 2.05. The maximum atomic E-state index is 14.0. The molecule has 188 valence electrons. The number of amides is 3. The zero-order valence-corrected chi connectivity index (χ0v) is 20.6. The minimum Gasteiger partial charge on any atom is -0.377 e. The second-order valence-electron chi connectivity index (χ2n) is 9.20. The third kappa shape index (κ3) is 3.85. The molecule has 1 spiro atoms. The summed E-state index contributed by atoms with van der Waals surface area (Å²) in [5.74, 6) is -3.05. The van der Waals surface area contributed by atoms with E-state index in [9.17, 15) is 28.3 Å². The fourth-order valence-corrected chi connectivity index (χ4v) is 5.47. The highest BCUT2D eigenvalue weighted by atomic mass is 79.9. The molecule has 12 heteroatoms. The Kier molecular flexibility index (Phi) is 5.85. The summed E-state index contributed by atoms with van der Waals surface area (Å²) >= 11 is 3.41. The minimum atomic E-state index is -1.41. The number of likely N-dealkylation sites (tertiary alicyclic amines) is 1. The van der Waals surface area contributed by atoms with Crippen LogP contribution in [0, 0.1) is 11.6 Å². The summed E-state index contributed by atoms with van der Waals surface area (Å²) in [6, 6.07) is 7.52. The van der Waals surface area contributed by atoms with Gasteiger partial charge >= 0.3 is 0 Å². The van der Waals surface area contributed by atoms with Gasteiger partial charge in [0.2, 0.25) is 11.8 Å². The number of nitrogens with one attached hydrogen (secondary N) is 2. The van der Waals surface area contributed by atoms with Gasteiger partial charge in [0.25, 0.3) is 5.91 Å². The van der Waals surface area contributed by atoms with Crippen molar-refractivity contribution in [2.75, 3.05) is 25.5 Å². The van der Waals surface area contributed by atoms with Gasteiger partial charge in [-0.25, -0.2) is 8.78 Å². The summed E-state index contributed by atoms with van der Waals surface area (Å²) < 4.78 is 28.3. The van der Waals surface area contributed by atoms with E-state index < -0.39 is 47.7 Å². The van der Waals surface area contributed by atoms with Gasteiger partial charge in [-0.15, -0.1) is 0 Å². The number of aliphatic hydroxyl groups excluding tert-OH is 1. The number of halogens is 3. The number of hydrogen-bond donors (Lipinski definition) is 4. The average Bonchev–Trinajstić information content (AvgIpc) is 3.49. The molecule has 0 aliphatic carbocycles. The van der Waals surface area contributed by atoms with Crippen molar-refractivity contribution in [1.29, 1.82) is 0 Å². The topological polar surface area (TPSA) is 132 Å². The van der Waals surface area contributed by atoms with E-state index in [2.05, 4.69) is 26.2 Å². The van der Waals surface area contributed by atoms with Crippen molar-refractivity contribution in [1.82, 2.24) is 14.8 Å². The van der Waals surface area contributed by atoms with Gasteiger partial charge in [-0.2, -0.15) is 0 Å². The van der Waals surface area contributed by atoms with Gasteiger partial charge < -0.3 is 30.9 Å². The van der Waals surface area contributed by atoms with Gasteiger partial charge in [0.1, 0.15) is 23.6 Å². The van der Waals surface area contributed by atoms with Crippen LogP contribution >= 0.6 is 15.9 Å². The minimum absolute atomic E-state index is 0.0212. The molecule has 9 nitrogen and oxygen atoms in total. The van der Waals surface area contributed by atoms with Gasteiger partial charge in [0.15, 0.2) is 0 Å². The Hall–Kier alpha value is -3.35. The van der Waals surface area contributed by atoms with E-state index in [1.807, 2.05) is 0 Å². The van der Waals surface area contributed by atoms with Crippen molar-refractivity contribution >= 4 is 50.2 Å². The Bertz CT molecular complexity index is 1430. The molecular weight excluding hydrogens is 540 g/mol. The summed E-state index contributed by atoms with van der Waals surface area (Å²) in [7, 11) is 1.39. The number of anilines is 1. The molecule has 2 aliphatic rings. The van der Waals surface area contributed by atoms with Crippen molar-refractivity contribution in [2.24, 2.45) is 5.73 Å². The summed E-state index contributed by atoms with van der Waals surface area (Å²) in [5, 5.41) is 13.1. The number of fused-ring (bicyclic) bond motifs is 3. The van der Waals surface area contributed by atoms with E-state index in [0.717, 1.165) is 21.5 Å². The molecule has 3 atom stereocenters. The Morgan fingerprint density at radius 1 is 1.31 bits per heavy atom. The normalized spacial score (nSPS) is 21.7. The maximum Gasteiger partial charge on any atom is 0.270 e. The van der Waals surface area contributed by atoms with Crippen LogP contribution in [0.1, 0.15) is 22.5 Å². The molecule has 3 aromatic rings. The Labute approximate surface area is 212 Å². The molecule has 2 aromatic carbocycles. The van der Waals surface area contributed by atoms with Crippen LogP contribution in [0.25, 0.3) is 10.9 Å². The zero-order valence-electron chi connectivity index (χ0n) is 19.0. The van der Waals surface area contributed by atoms with Crippen LogP contribution in [0.2, 0.25) is 0 Å². The van der Waals surface area contributed by atoms with Crippen LogP contribution in [0.3, 0.4) is 0 Å². The Balaban J connectivity index is 1.38. The van der Waals surface area contributed by atoms with Crippen molar-refractivity contribution in [3.05, 3.63) is 63.8 Å². The van der Waals surface area contributed by atoms with Gasteiger partial charge in [-0.05, 0) is 42.3 Å². The largest absolute Gasteiger partial charge is 0.377 e. The average molecular weight is 562 g/mol. The highest BCUT2D eigenvalue weighted by molar-refractivity contribution is 9.10. The Morgan fingerprint density at radius 2 is 2.06 bits per heavy atom. The quantitative estimate of drug-likeness (QED) is 0.362. The molecule has 0 radical (unpaired) electrons. The standard InChI is InChI=1S/C24H22BrF2N5O4/c1-31(22(35)18-7-13-15(27)5-12(26)6-17(13)29-18)9-20(33)32-10-24(8-19(32)21(28)34)14-4-11(25)2-3-16(14)30-23(24)36/h2-7,19,21,29,34H,8-10,28H2,1H3,(H,30,36)/t19-,21?,24-/m0/s1. The number of nitrogens with zero attached hydrogens (tertiary/aromatic N) is 2. The number of aromatic nitrogens is 1. The van der Waals surface area contributed by atoms with Crippen LogP contribution < -0.4 is 11.1 Å². The fraction of sp³-hybridized carbons (Fsp3) is 0.292. The number of nitrogens with two attached hydrogens (primary N) is 1. The van der Waals surface area contributed by atoms with E-state index in [-0.39, 0.29) is 35.5 Å². The van der Waals surface area contributed by atoms with Crippen LogP contribution in [0.15, 0.2) is 40.9 Å². The third-order valence-electron chi connectivity index (χ3n) is 6.89. The monoisotopic (exact) mass is 561 g/mol. The number of aliphatic hydroxyl groups is 1. The van der Waals surface area contributed by atoms with E-state index in [4.69, 9.17) is 5.73 Å². The summed E-state index contributed by atoms with van der Waals surface area (Å²) in [6.45, 7) is -0.420. The number of H-pyrrole nitrogens is 1. The fourth-order valence-electron chi connectivity index (χ4n) is 5.11. The second-order valence-corrected chi connectivity index (χ2v) is 10.1. The molecule has 2 aliphatic heterocycles. The second kappa shape index (κ2) is 8.64. The van der Waals surface area contributed by atoms with Crippen molar-refractivity contribution in [3.63, 3.8) is 0 Å². The van der Waals surface area contributed by atoms with Gasteiger partial charge in [-0.3, -0.25) is 14.4 Å². The molecule has 5 N–H and O–H groups in total. The molecule has 3 amide bonds. The SMILES string of the molecule is CN(CC(=O)N1C[C@]2(C[C@H]1C(N)O)C(=O)Nc1ccc(Br)cc12)C(=O)c1cc2c(F)cc(F)cc2[nH]1. The molecule has 1 saturated heterocycles. The molecule has 3 heterocycles. The number of benzene rings is 2. The van der Waals surface area contributed by atoms with Gasteiger partial charge in [-0.1, -0.05) is 15.9 Å². The molecule has 5 rings (SSSR count). The number of likely N-dealkylation sites (N-methyl/N-ethyl adjacent to an activating group) is 1. The van der Waals surface area contributed by atoms with E-state index in [1.54, 1.807) is 18.2 Å². The van der Waals surface area contributed by atoms with Gasteiger partial charge in [0, 0.05) is 35.2 Å². The number of hydrogen-bond acceptors (Lipinski definition) is 5. The van der Waals surface area contributed by atoms with Gasteiger partial charge in [0.05, 0.1) is 23.5 Å². The molecule has 36 heavy (non-hydrogen) atoms. The molecular formula is C24H22BrF2N5O4. The summed E-state index contributed by atoms with van der Waals surface area (Å²) in [5.41, 5.74) is 6.10. The molecule has 0 bridgehead atoms. The summed E-state index contributed by atoms with van der Waals surface area (Å²) in [4.78, 5) is 44.4. The smallest absolute Gasteiger partial charge is 0.270 e. The third-order valence-corrected chi connectivity index (χ3v) is 7.39. The highest BCUT2D eigenvalue weighted by Gasteiger charge is 2.56. The van der Waals surface area contributed by atoms with E-state index >= 15 is 0 Å². The molecule has 1 fully saturated rings. The lowest BCUT2D eigenvalue weighted by molar-refractivity contribution is -0.134. The van der Waals surface area contributed by atoms with Crippen LogP contribution in [-0.4, -0.2) is 70.0 Å². The number of aromatic amines is 1. The van der Waals surface area contributed by atoms with E-state index in [1.165, 1.54) is 18.0 Å². The zero-order chi connectivity index (χ0) is 25.9. The predicted molar refractivity (Wildman–Crippen MR) is 130 cm³/mol. The first-order valence-electron chi connectivity index (χ1n) is 11.1. The number of carbonyl (C=O) groups excluding carboxylic acids is 3. The van der Waals surface area contributed by atoms with E-state index in [0.29, 0.717) is 11.3 Å². The Morgan fingerprint density at radius 3 is 2.78 bits per heavy atom. The first-order chi connectivity index (χ1) is 17.0. The van der Waals surface area contributed by atoms with Crippen molar-refractivity contribution in [2.45, 2.75) is 24.1 Å². The molecule has 1 unspecified atom stereocenters. The lowest BCUT2D eigenvalue weighted by atomic mass is 9.79. The molecule has 1 aromatic heterocycles. The number of rotatable bonds is 4.